The molecule has 3 aromatic rings. The van der Waals surface area contributed by atoms with E-state index in [9.17, 15) is 4.79 Å². The van der Waals surface area contributed by atoms with E-state index in [1.165, 1.54) is 16.9 Å². The average molecular weight is 377 g/mol. The molecule has 2 atom stereocenters. The fraction of sp³-hybridized carbons (Fsp3) is 0.304. The molecular weight excluding hydrogens is 352 g/mol. The van der Waals surface area contributed by atoms with Gasteiger partial charge in [-0.05, 0) is 50.3 Å². The minimum atomic E-state index is 0.108. The normalized spacial score (nSPS) is 18.4. The first-order chi connectivity index (χ1) is 12.9. The molecule has 1 aliphatic rings. The molecule has 1 fully saturated rings. The Labute approximate surface area is 164 Å². The van der Waals surface area contributed by atoms with E-state index in [2.05, 4.69) is 70.2 Å². The summed E-state index contributed by atoms with van der Waals surface area (Å²) in [4.78, 5) is 19.9. The van der Waals surface area contributed by atoms with Crippen LogP contribution in [0.25, 0.3) is 11.3 Å². The van der Waals surface area contributed by atoms with Crippen molar-refractivity contribution in [1.82, 2.24) is 4.98 Å². The van der Waals surface area contributed by atoms with Crippen LogP contribution in [0.2, 0.25) is 0 Å². The highest BCUT2D eigenvalue weighted by Crippen LogP contribution is 2.43. The third-order valence-corrected chi connectivity index (χ3v) is 6.11. The van der Waals surface area contributed by atoms with E-state index in [4.69, 9.17) is 4.98 Å². The lowest BCUT2D eigenvalue weighted by atomic mass is 10.1. The second-order valence-electron chi connectivity index (χ2n) is 7.66. The van der Waals surface area contributed by atoms with Gasteiger partial charge >= 0.3 is 0 Å². The zero-order chi connectivity index (χ0) is 19.1. The fourth-order valence-electron chi connectivity index (χ4n) is 3.33. The lowest BCUT2D eigenvalue weighted by Crippen LogP contribution is -2.28. The molecule has 1 heterocycles. The second kappa shape index (κ2) is 6.93. The van der Waals surface area contributed by atoms with Crippen LogP contribution in [-0.2, 0) is 4.79 Å². The first-order valence-corrected chi connectivity index (χ1v) is 10.3. The number of hydrogen-bond acceptors (Lipinski definition) is 3. The number of carbonyl (C=O) groups excluding carboxylic acids is 1. The van der Waals surface area contributed by atoms with Crippen molar-refractivity contribution in [2.45, 2.75) is 34.1 Å². The minimum Gasteiger partial charge on any atom is -0.274 e. The summed E-state index contributed by atoms with van der Waals surface area (Å²) in [5.74, 6) is 0.735. The van der Waals surface area contributed by atoms with Gasteiger partial charge in [0.15, 0.2) is 5.13 Å². The molecule has 0 aliphatic heterocycles. The molecule has 0 saturated heterocycles. The zero-order valence-electron chi connectivity index (χ0n) is 16.2. The van der Waals surface area contributed by atoms with Crippen LogP contribution in [0, 0.1) is 32.6 Å². The molecule has 138 valence electrons. The van der Waals surface area contributed by atoms with Crippen molar-refractivity contribution >= 4 is 28.1 Å². The van der Waals surface area contributed by atoms with Crippen LogP contribution in [0.4, 0.5) is 10.8 Å². The van der Waals surface area contributed by atoms with Gasteiger partial charge in [-0.2, -0.15) is 0 Å². The van der Waals surface area contributed by atoms with Crippen LogP contribution in [0.3, 0.4) is 0 Å². The molecule has 3 nitrogen and oxygen atoms in total. The fourth-order valence-corrected chi connectivity index (χ4v) is 4.18. The van der Waals surface area contributed by atoms with Crippen LogP contribution in [0.1, 0.15) is 30.0 Å². The number of rotatable bonds is 4. The number of aromatic nitrogens is 1. The van der Waals surface area contributed by atoms with Crippen molar-refractivity contribution < 1.29 is 4.79 Å². The Morgan fingerprint density at radius 1 is 1.07 bits per heavy atom. The number of amides is 1. The van der Waals surface area contributed by atoms with E-state index in [-0.39, 0.29) is 11.8 Å². The predicted octanol–water partition coefficient (Wildman–Crippen LogP) is 6.06. The van der Waals surface area contributed by atoms with Crippen molar-refractivity contribution in [3.05, 3.63) is 64.5 Å². The van der Waals surface area contributed by atoms with Crippen molar-refractivity contribution in [3.8, 4) is 11.3 Å². The second-order valence-corrected chi connectivity index (χ2v) is 8.50. The quantitative estimate of drug-likeness (QED) is 0.555. The maximum atomic E-state index is 13.3. The lowest BCUT2D eigenvalue weighted by molar-refractivity contribution is -0.119. The average Bonchev–Trinajstić information content (AvgIpc) is 3.19. The molecule has 0 N–H and O–H groups in total. The molecule has 0 spiro atoms. The monoisotopic (exact) mass is 376 g/mol. The topological polar surface area (TPSA) is 33.2 Å². The summed E-state index contributed by atoms with van der Waals surface area (Å²) in [6, 6.07) is 14.6. The van der Waals surface area contributed by atoms with Gasteiger partial charge in [-0.15, -0.1) is 11.3 Å². The van der Waals surface area contributed by atoms with E-state index in [1.54, 1.807) is 0 Å². The summed E-state index contributed by atoms with van der Waals surface area (Å²) in [6.07, 6.45) is 0.969. The van der Waals surface area contributed by atoms with Crippen LogP contribution in [0.15, 0.2) is 47.8 Å². The van der Waals surface area contributed by atoms with Gasteiger partial charge in [-0.1, -0.05) is 48.9 Å². The summed E-state index contributed by atoms with van der Waals surface area (Å²) < 4.78 is 0. The summed E-state index contributed by atoms with van der Waals surface area (Å²) in [6.45, 7) is 8.34. The number of anilines is 2. The molecule has 0 radical (unpaired) electrons. The molecule has 1 aliphatic carbocycles. The Morgan fingerprint density at radius 3 is 2.41 bits per heavy atom. The third-order valence-electron chi connectivity index (χ3n) is 5.28. The van der Waals surface area contributed by atoms with Gasteiger partial charge in [0.05, 0.1) is 11.4 Å². The molecule has 2 aromatic carbocycles. The highest BCUT2D eigenvalue weighted by Gasteiger charge is 2.43. The number of carbonyl (C=O) groups is 1. The maximum absolute atomic E-state index is 13.3. The number of thiazole rings is 1. The Morgan fingerprint density at radius 2 is 1.74 bits per heavy atom. The number of nitrogens with zero attached hydrogens (tertiary/aromatic N) is 2. The third kappa shape index (κ3) is 3.54. The summed E-state index contributed by atoms with van der Waals surface area (Å²) in [5, 5.41) is 2.80. The van der Waals surface area contributed by atoms with Gasteiger partial charge < -0.3 is 0 Å². The standard InChI is InChI=1S/C23H24N2OS/c1-14-6-9-18(10-7-14)20-13-27-23(24-20)25(22(26)19-12-17(19)4)21-11-15(2)5-8-16(21)3/h5-11,13,17,19H,12H2,1-4H3. The molecule has 1 saturated carbocycles. The van der Waals surface area contributed by atoms with E-state index < -0.39 is 0 Å². The van der Waals surface area contributed by atoms with Gasteiger partial charge in [-0.25, -0.2) is 4.98 Å². The largest absolute Gasteiger partial charge is 0.274 e. The van der Waals surface area contributed by atoms with Crippen molar-refractivity contribution in [3.63, 3.8) is 0 Å². The Kier molecular flexibility index (Phi) is 4.60. The van der Waals surface area contributed by atoms with Crippen molar-refractivity contribution in [2.24, 2.45) is 11.8 Å². The molecule has 4 heteroatoms. The first kappa shape index (κ1) is 17.9. The van der Waals surface area contributed by atoms with Crippen LogP contribution < -0.4 is 4.90 Å². The minimum absolute atomic E-state index is 0.108. The van der Waals surface area contributed by atoms with Crippen LogP contribution in [-0.4, -0.2) is 10.9 Å². The Hall–Kier alpha value is -2.46. The maximum Gasteiger partial charge on any atom is 0.236 e. The summed E-state index contributed by atoms with van der Waals surface area (Å²) in [5.41, 5.74) is 6.41. The summed E-state index contributed by atoms with van der Waals surface area (Å²) in [7, 11) is 0. The van der Waals surface area contributed by atoms with Gasteiger partial charge in [0.2, 0.25) is 5.91 Å². The van der Waals surface area contributed by atoms with E-state index in [0.717, 1.165) is 39.6 Å². The molecule has 2 unspecified atom stereocenters. The van der Waals surface area contributed by atoms with Gasteiger partial charge in [0.25, 0.3) is 0 Å². The van der Waals surface area contributed by atoms with Gasteiger partial charge in [-0.3, -0.25) is 9.69 Å². The number of aryl methyl sites for hydroxylation is 3. The van der Waals surface area contributed by atoms with Crippen LogP contribution >= 0.6 is 11.3 Å². The SMILES string of the molecule is Cc1ccc(-c2csc(N(C(=O)C3CC3C)c3cc(C)ccc3C)n2)cc1. The zero-order valence-corrected chi connectivity index (χ0v) is 17.0. The highest BCUT2D eigenvalue weighted by atomic mass is 32.1. The van der Waals surface area contributed by atoms with Crippen LogP contribution in [0.5, 0.6) is 0 Å². The van der Waals surface area contributed by atoms with Crippen molar-refractivity contribution in [1.29, 1.82) is 0 Å². The molecule has 4 rings (SSSR count). The van der Waals surface area contributed by atoms with E-state index in [1.807, 2.05) is 10.3 Å². The predicted molar refractivity (Wildman–Crippen MR) is 113 cm³/mol. The molecule has 1 aromatic heterocycles. The number of benzene rings is 2. The first-order valence-electron chi connectivity index (χ1n) is 9.38. The van der Waals surface area contributed by atoms with E-state index in [0.29, 0.717) is 5.92 Å². The molecule has 27 heavy (non-hydrogen) atoms. The smallest absolute Gasteiger partial charge is 0.236 e. The van der Waals surface area contributed by atoms with Gasteiger partial charge in [0.1, 0.15) is 0 Å². The highest BCUT2D eigenvalue weighted by molar-refractivity contribution is 7.14. The molecular formula is C23H24N2OS. The van der Waals surface area contributed by atoms with E-state index >= 15 is 0 Å². The lowest BCUT2D eigenvalue weighted by Gasteiger charge is -2.22. The Balaban J connectivity index is 1.76. The number of hydrogen-bond donors (Lipinski definition) is 0. The molecule has 1 amide bonds. The summed E-state index contributed by atoms with van der Waals surface area (Å²) >= 11 is 1.53. The van der Waals surface area contributed by atoms with Gasteiger partial charge in [0, 0.05) is 16.9 Å². The van der Waals surface area contributed by atoms with Crippen molar-refractivity contribution in [2.75, 3.05) is 4.90 Å². The Bertz CT molecular complexity index is 990. The molecule has 0 bridgehead atoms.